The Balaban J connectivity index is 1.72. The summed E-state index contributed by atoms with van der Waals surface area (Å²) in [6, 6.07) is 9.90. The summed E-state index contributed by atoms with van der Waals surface area (Å²) >= 11 is 1.26. The Bertz CT molecular complexity index is 1160. The minimum atomic E-state index is -4.27. The lowest BCUT2D eigenvalue weighted by Gasteiger charge is -2.08. The van der Waals surface area contributed by atoms with Crippen LogP contribution < -0.4 is 9.50 Å². The highest BCUT2D eigenvalue weighted by molar-refractivity contribution is 7.87. The summed E-state index contributed by atoms with van der Waals surface area (Å²) in [6.07, 6.45) is 0.707. The minimum Gasteiger partial charge on any atom is -0.379 e. The average Bonchev–Trinajstić information content (AvgIpc) is 3.16. The van der Waals surface area contributed by atoms with Crippen molar-refractivity contribution in [2.24, 2.45) is 0 Å². The van der Waals surface area contributed by atoms with Gasteiger partial charge in [-0.05, 0) is 36.8 Å². The maximum absolute atomic E-state index is 12.3. The number of amides is 1. The van der Waals surface area contributed by atoms with Crippen molar-refractivity contribution in [3.8, 4) is 5.75 Å². The van der Waals surface area contributed by atoms with Crippen LogP contribution in [0.3, 0.4) is 0 Å². The molecular weight excluding hydrogens is 420 g/mol. The smallest absolute Gasteiger partial charge is 0.339 e. The lowest BCUT2D eigenvalue weighted by Crippen LogP contribution is -2.12. The summed E-state index contributed by atoms with van der Waals surface area (Å²) in [5.41, 5.74) is -0.108. The van der Waals surface area contributed by atoms with Gasteiger partial charge in [-0.15, -0.1) is 10.2 Å². The van der Waals surface area contributed by atoms with Crippen LogP contribution in [0.4, 0.5) is 10.8 Å². The summed E-state index contributed by atoms with van der Waals surface area (Å²) in [6.45, 7) is 1.92. The Morgan fingerprint density at radius 1 is 1.21 bits per heavy atom. The number of nitrogens with zero attached hydrogens (tertiary/aromatic N) is 3. The standard InChI is InChI=1S/C17H14N4O6S2/c1-2-15-19-20-17(28-15)18-16(22)11-6-8-13(9-7-11)27-29(25,26)14-5-3-4-12(10-14)21(23)24/h3-10H,2H2,1H3,(H,18,20,22). The molecule has 3 aromatic rings. The Kier molecular flexibility index (Phi) is 5.84. The monoisotopic (exact) mass is 434 g/mol. The first-order valence-electron chi connectivity index (χ1n) is 8.21. The molecule has 0 bridgehead atoms. The first-order chi connectivity index (χ1) is 13.8. The van der Waals surface area contributed by atoms with Crippen LogP contribution in [0.2, 0.25) is 0 Å². The predicted octanol–water partition coefficient (Wildman–Crippen LogP) is 3.03. The van der Waals surface area contributed by atoms with Gasteiger partial charge in [-0.2, -0.15) is 8.42 Å². The van der Waals surface area contributed by atoms with Crippen molar-refractivity contribution in [3.63, 3.8) is 0 Å². The number of rotatable bonds is 7. The van der Waals surface area contributed by atoms with E-state index < -0.39 is 20.9 Å². The number of non-ortho nitro benzene ring substituents is 1. The van der Waals surface area contributed by atoms with Crippen molar-refractivity contribution in [3.05, 3.63) is 69.2 Å². The molecule has 2 aromatic carbocycles. The van der Waals surface area contributed by atoms with E-state index in [0.717, 1.165) is 11.1 Å². The Morgan fingerprint density at radius 2 is 1.93 bits per heavy atom. The predicted molar refractivity (Wildman–Crippen MR) is 105 cm³/mol. The number of hydrogen-bond donors (Lipinski definition) is 1. The number of nitrogens with one attached hydrogen (secondary N) is 1. The number of nitro groups is 1. The molecule has 0 atom stereocenters. The van der Waals surface area contributed by atoms with Crippen molar-refractivity contribution in [1.82, 2.24) is 10.2 Å². The van der Waals surface area contributed by atoms with E-state index in [0.29, 0.717) is 11.6 Å². The zero-order valence-corrected chi connectivity index (χ0v) is 16.6. The van der Waals surface area contributed by atoms with E-state index in [1.54, 1.807) is 0 Å². The van der Waals surface area contributed by atoms with Gasteiger partial charge in [-0.25, -0.2) is 0 Å². The quantitative estimate of drug-likeness (QED) is 0.340. The van der Waals surface area contributed by atoms with Crippen LogP contribution in [0.5, 0.6) is 5.75 Å². The molecule has 0 aliphatic rings. The lowest BCUT2D eigenvalue weighted by atomic mass is 10.2. The normalized spacial score (nSPS) is 11.1. The van der Waals surface area contributed by atoms with Gasteiger partial charge in [0.1, 0.15) is 15.7 Å². The molecule has 1 aromatic heterocycles. The first kappa shape index (κ1) is 20.4. The molecule has 0 aliphatic carbocycles. The van der Waals surface area contributed by atoms with E-state index in [-0.39, 0.29) is 21.9 Å². The SMILES string of the molecule is CCc1nnc(NC(=O)c2ccc(OS(=O)(=O)c3cccc([N+](=O)[O-])c3)cc2)s1. The maximum Gasteiger partial charge on any atom is 0.339 e. The molecule has 0 spiro atoms. The topological polar surface area (TPSA) is 141 Å². The Morgan fingerprint density at radius 3 is 2.55 bits per heavy atom. The zero-order chi connectivity index (χ0) is 21.0. The highest BCUT2D eigenvalue weighted by Gasteiger charge is 2.20. The summed E-state index contributed by atoms with van der Waals surface area (Å²) in [5.74, 6) is -0.478. The van der Waals surface area contributed by atoms with Gasteiger partial charge in [0.25, 0.3) is 11.6 Å². The van der Waals surface area contributed by atoms with Gasteiger partial charge in [0.15, 0.2) is 0 Å². The molecule has 1 heterocycles. The fourth-order valence-electron chi connectivity index (χ4n) is 2.21. The molecule has 0 radical (unpaired) electrons. The van der Waals surface area contributed by atoms with E-state index in [2.05, 4.69) is 15.5 Å². The van der Waals surface area contributed by atoms with Gasteiger partial charge in [0, 0.05) is 17.7 Å². The van der Waals surface area contributed by atoms with Crippen LogP contribution in [-0.2, 0) is 16.5 Å². The Labute approximate surface area is 169 Å². The first-order valence-corrected chi connectivity index (χ1v) is 10.4. The second-order valence-corrected chi connectivity index (χ2v) is 8.23. The third kappa shape index (κ3) is 4.92. The number of carbonyl (C=O) groups is 1. The largest absolute Gasteiger partial charge is 0.379 e. The fraction of sp³-hybridized carbons (Fsp3) is 0.118. The van der Waals surface area contributed by atoms with Crippen molar-refractivity contribution < 1.29 is 22.3 Å². The van der Waals surface area contributed by atoms with Crippen LogP contribution in [0.25, 0.3) is 0 Å². The second kappa shape index (κ2) is 8.32. The number of benzene rings is 2. The summed E-state index contributed by atoms with van der Waals surface area (Å²) in [4.78, 5) is 22.0. The van der Waals surface area contributed by atoms with E-state index in [1.807, 2.05) is 6.92 Å². The molecule has 29 heavy (non-hydrogen) atoms. The molecule has 0 fully saturated rings. The van der Waals surface area contributed by atoms with Crippen molar-refractivity contribution >= 4 is 38.2 Å². The number of anilines is 1. The van der Waals surface area contributed by atoms with Crippen LogP contribution in [-0.4, -0.2) is 29.4 Å². The van der Waals surface area contributed by atoms with Gasteiger partial charge in [0.05, 0.1) is 4.92 Å². The molecule has 0 aliphatic heterocycles. The van der Waals surface area contributed by atoms with Crippen LogP contribution in [0.15, 0.2) is 53.4 Å². The maximum atomic E-state index is 12.3. The van der Waals surface area contributed by atoms with Crippen LogP contribution in [0, 0.1) is 10.1 Å². The van der Waals surface area contributed by atoms with Crippen molar-refractivity contribution in [2.75, 3.05) is 5.32 Å². The number of aromatic nitrogens is 2. The summed E-state index contributed by atoms with van der Waals surface area (Å²) in [5, 5.41) is 22.3. The molecule has 1 N–H and O–H groups in total. The third-order valence-electron chi connectivity index (χ3n) is 3.63. The fourth-order valence-corrected chi connectivity index (χ4v) is 3.85. The minimum absolute atomic E-state index is 0.0442. The highest BCUT2D eigenvalue weighted by atomic mass is 32.2. The zero-order valence-electron chi connectivity index (χ0n) is 14.9. The van der Waals surface area contributed by atoms with Gasteiger partial charge in [-0.1, -0.05) is 24.3 Å². The van der Waals surface area contributed by atoms with Crippen molar-refractivity contribution in [2.45, 2.75) is 18.2 Å². The Hall–Kier alpha value is -3.38. The number of hydrogen-bond acceptors (Lipinski definition) is 9. The molecule has 1 amide bonds. The summed E-state index contributed by atoms with van der Waals surface area (Å²) < 4.78 is 29.6. The summed E-state index contributed by atoms with van der Waals surface area (Å²) in [7, 11) is -4.27. The van der Waals surface area contributed by atoms with Crippen LogP contribution >= 0.6 is 11.3 Å². The van der Waals surface area contributed by atoms with Crippen molar-refractivity contribution in [1.29, 1.82) is 0 Å². The molecular formula is C17H14N4O6S2. The molecule has 12 heteroatoms. The molecule has 0 saturated heterocycles. The third-order valence-corrected chi connectivity index (χ3v) is 5.86. The number of nitro benzene ring substituents is 1. The average molecular weight is 434 g/mol. The van der Waals surface area contributed by atoms with E-state index >= 15 is 0 Å². The lowest BCUT2D eigenvalue weighted by molar-refractivity contribution is -0.385. The molecule has 0 unspecified atom stereocenters. The van der Waals surface area contributed by atoms with E-state index in [9.17, 15) is 23.3 Å². The molecule has 10 nitrogen and oxygen atoms in total. The molecule has 3 rings (SSSR count). The van der Waals surface area contributed by atoms with Gasteiger partial charge in [0.2, 0.25) is 5.13 Å². The second-order valence-electron chi connectivity index (χ2n) is 5.62. The van der Waals surface area contributed by atoms with Gasteiger partial charge < -0.3 is 4.18 Å². The highest BCUT2D eigenvalue weighted by Crippen LogP contribution is 2.23. The van der Waals surface area contributed by atoms with Crippen LogP contribution in [0.1, 0.15) is 22.3 Å². The number of aryl methyl sites for hydroxylation is 1. The van der Waals surface area contributed by atoms with E-state index in [4.69, 9.17) is 4.18 Å². The molecule has 150 valence electrons. The number of carbonyl (C=O) groups excluding carboxylic acids is 1. The van der Waals surface area contributed by atoms with E-state index in [1.165, 1.54) is 53.8 Å². The molecule has 0 saturated carbocycles. The van der Waals surface area contributed by atoms with Gasteiger partial charge >= 0.3 is 10.1 Å². The van der Waals surface area contributed by atoms with Gasteiger partial charge in [-0.3, -0.25) is 20.2 Å².